The summed E-state index contributed by atoms with van der Waals surface area (Å²) in [5.41, 5.74) is 1.08. The van der Waals surface area contributed by atoms with Gasteiger partial charge < -0.3 is 9.64 Å². The van der Waals surface area contributed by atoms with Crippen molar-refractivity contribution in [3.05, 3.63) is 29.8 Å². The molecule has 6 nitrogen and oxygen atoms in total. The number of nitrogens with zero attached hydrogens (tertiary/aromatic N) is 2. The van der Waals surface area contributed by atoms with E-state index in [9.17, 15) is 13.2 Å². The summed E-state index contributed by atoms with van der Waals surface area (Å²) in [6, 6.07) is 7.86. The average Bonchev–Trinajstić information content (AvgIpc) is 3.16. The van der Waals surface area contributed by atoms with Crippen LogP contribution in [0.3, 0.4) is 0 Å². The highest BCUT2D eigenvalue weighted by Gasteiger charge is 2.35. The number of likely N-dealkylation sites (tertiary alicyclic amines) is 1. The molecule has 3 rings (SSSR count). The maximum absolute atomic E-state index is 12.6. The van der Waals surface area contributed by atoms with Crippen LogP contribution in [0, 0.1) is 0 Å². The number of hydrogen-bond acceptors (Lipinski definition) is 4. The quantitative estimate of drug-likeness (QED) is 0.810. The molecule has 2 aliphatic heterocycles. The minimum Gasteiger partial charge on any atom is -0.494 e. The number of carbonyl (C=O) groups excluding carboxylic acids is 1. The molecule has 132 valence electrons. The third-order valence-electron chi connectivity index (χ3n) is 4.66. The van der Waals surface area contributed by atoms with Crippen LogP contribution in [-0.4, -0.2) is 55.5 Å². The number of amides is 1. The molecule has 1 atom stereocenters. The van der Waals surface area contributed by atoms with Gasteiger partial charge in [-0.1, -0.05) is 12.1 Å². The summed E-state index contributed by atoms with van der Waals surface area (Å²) < 4.78 is 30.6. The molecular formula is C17H24N2O4S. The van der Waals surface area contributed by atoms with Crippen molar-refractivity contribution in [2.24, 2.45) is 0 Å². The summed E-state index contributed by atoms with van der Waals surface area (Å²) in [4.78, 5) is 14.5. The first kappa shape index (κ1) is 17.2. The molecule has 1 aromatic rings. The summed E-state index contributed by atoms with van der Waals surface area (Å²) in [6.07, 6.45) is 2.46. The molecule has 1 aromatic carbocycles. The number of rotatable bonds is 5. The molecule has 0 N–H and O–H groups in total. The van der Waals surface area contributed by atoms with Crippen LogP contribution in [0.15, 0.2) is 24.3 Å². The lowest BCUT2D eigenvalue weighted by Crippen LogP contribution is -2.40. The molecule has 0 spiro atoms. The van der Waals surface area contributed by atoms with Gasteiger partial charge in [-0.15, -0.1) is 0 Å². The lowest BCUT2D eigenvalue weighted by Gasteiger charge is -2.27. The fraction of sp³-hybridized carbons (Fsp3) is 0.588. The minimum atomic E-state index is -3.24. The van der Waals surface area contributed by atoms with Crippen molar-refractivity contribution in [2.45, 2.75) is 32.2 Å². The van der Waals surface area contributed by atoms with Crippen molar-refractivity contribution < 1.29 is 17.9 Å². The van der Waals surface area contributed by atoms with E-state index in [1.807, 2.05) is 36.1 Å². The van der Waals surface area contributed by atoms with Crippen molar-refractivity contribution in [1.82, 2.24) is 9.21 Å². The van der Waals surface area contributed by atoms with E-state index < -0.39 is 10.0 Å². The molecule has 2 saturated heterocycles. The van der Waals surface area contributed by atoms with Crippen LogP contribution < -0.4 is 4.74 Å². The van der Waals surface area contributed by atoms with E-state index in [1.54, 1.807) is 0 Å². The predicted molar refractivity (Wildman–Crippen MR) is 91.3 cm³/mol. The van der Waals surface area contributed by atoms with Gasteiger partial charge in [-0.25, -0.2) is 8.42 Å². The second-order valence-electron chi connectivity index (χ2n) is 6.25. The van der Waals surface area contributed by atoms with Gasteiger partial charge in [0.15, 0.2) is 0 Å². The fourth-order valence-electron chi connectivity index (χ4n) is 3.48. The Labute approximate surface area is 143 Å². The van der Waals surface area contributed by atoms with Gasteiger partial charge in [-0.3, -0.25) is 4.79 Å². The average molecular weight is 352 g/mol. The molecule has 2 aliphatic rings. The Hall–Kier alpha value is -1.60. The zero-order valence-electron chi connectivity index (χ0n) is 14.0. The Bertz CT molecular complexity index is 687. The van der Waals surface area contributed by atoms with Crippen LogP contribution in [0.5, 0.6) is 5.75 Å². The van der Waals surface area contributed by atoms with Gasteiger partial charge in [0.05, 0.1) is 24.9 Å². The largest absolute Gasteiger partial charge is 0.494 e. The van der Waals surface area contributed by atoms with Crippen LogP contribution in [0.25, 0.3) is 0 Å². The third-order valence-corrected chi connectivity index (χ3v) is 6.57. The maximum atomic E-state index is 12.6. The summed E-state index contributed by atoms with van der Waals surface area (Å²) in [7, 11) is -3.24. The zero-order chi connectivity index (χ0) is 17.2. The van der Waals surface area contributed by atoms with E-state index >= 15 is 0 Å². The van der Waals surface area contributed by atoms with Crippen molar-refractivity contribution >= 4 is 15.9 Å². The number of benzene rings is 1. The van der Waals surface area contributed by atoms with Gasteiger partial charge in [-0.2, -0.15) is 4.31 Å². The molecule has 0 saturated carbocycles. The van der Waals surface area contributed by atoms with E-state index in [0.29, 0.717) is 26.1 Å². The first-order valence-electron chi connectivity index (χ1n) is 8.51. The fourth-order valence-corrected chi connectivity index (χ4v) is 4.94. The van der Waals surface area contributed by atoms with Crippen LogP contribution in [0.2, 0.25) is 0 Å². The molecule has 1 unspecified atom stereocenters. The second kappa shape index (κ2) is 7.11. The lowest BCUT2D eigenvalue weighted by molar-refractivity contribution is -0.132. The molecule has 24 heavy (non-hydrogen) atoms. The zero-order valence-corrected chi connectivity index (χ0v) is 14.8. The minimum absolute atomic E-state index is 0.0264. The summed E-state index contributed by atoms with van der Waals surface area (Å²) >= 11 is 0. The number of ether oxygens (including phenoxy) is 1. The van der Waals surface area contributed by atoms with Gasteiger partial charge in [0.1, 0.15) is 5.75 Å². The number of sulfonamides is 1. The highest BCUT2D eigenvalue weighted by atomic mass is 32.2. The molecule has 0 radical (unpaired) electrons. The van der Waals surface area contributed by atoms with E-state index in [0.717, 1.165) is 24.2 Å². The topological polar surface area (TPSA) is 66.9 Å². The SMILES string of the molecule is CCOc1ccc(C2CCCN2C(=O)CN2CCCS2(=O)=O)cc1. The van der Waals surface area contributed by atoms with E-state index in [4.69, 9.17) is 4.74 Å². The molecular weight excluding hydrogens is 328 g/mol. The number of hydrogen-bond donors (Lipinski definition) is 0. The molecule has 1 amide bonds. The number of carbonyl (C=O) groups is 1. The Kier molecular flexibility index (Phi) is 5.10. The van der Waals surface area contributed by atoms with Crippen molar-refractivity contribution in [3.63, 3.8) is 0 Å². The van der Waals surface area contributed by atoms with E-state index in [-0.39, 0.29) is 24.2 Å². The van der Waals surface area contributed by atoms with Gasteiger partial charge in [0, 0.05) is 13.1 Å². The first-order valence-corrected chi connectivity index (χ1v) is 10.1. The Morgan fingerprint density at radius 3 is 2.58 bits per heavy atom. The lowest BCUT2D eigenvalue weighted by atomic mass is 10.0. The maximum Gasteiger partial charge on any atom is 0.238 e. The van der Waals surface area contributed by atoms with Gasteiger partial charge in [0.25, 0.3) is 0 Å². The van der Waals surface area contributed by atoms with Gasteiger partial charge >= 0.3 is 0 Å². The monoisotopic (exact) mass is 352 g/mol. The molecule has 7 heteroatoms. The molecule has 2 fully saturated rings. The Balaban J connectivity index is 1.69. The highest BCUT2D eigenvalue weighted by molar-refractivity contribution is 7.89. The van der Waals surface area contributed by atoms with E-state index in [1.165, 1.54) is 4.31 Å². The molecule has 0 aliphatic carbocycles. The Morgan fingerprint density at radius 2 is 1.96 bits per heavy atom. The normalized spacial score (nSPS) is 23.5. The van der Waals surface area contributed by atoms with E-state index in [2.05, 4.69) is 0 Å². The first-order chi connectivity index (χ1) is 11.5. The predicted octanol–water partition coefficient (Wildman–Crippen LogP) is 1.78. The molecule has 0 aromatic heterocycles. The molecule has 2 heterocycles. The van der Waals surface area contributed by atoms with Crippen molar-refractivity contribution in [2.75, 3.05) is 32.0 Å². The van der Waals surface area contributed by atoms with Crippen LogP contribution in [0.4, 0.5) is 0 Å². The Morgan fingerprint density at radius 1 is 1.21 bits per heavy atom. The van der Waals surface area contributed by atoms with Crippen molar-refractivity contribution in [1.29, 1.82) is 0 Å². The summed E-state index contributed by atoms with van der Waals surface area (Å²) in [5.74, 6) is 0.875. The van der Waals surface area contributed by atoms with Crippen LogP contribution >= 0.6 is 0 Å². The second-order valence-corrected chi connectivity index (χ2v) is 8.34. The standard InChI is InChI=1S/C17H24N2O4S/c1-2-23-15-8-6-14(7-9-15)16-5-3-11-19(16)17(20)13-18-10-4-12-24(18,21)22/h6-9,16H,2-5,10-13H2,1H3. The van der Waals surface area contributed by atoms with Gasteiger partial charge in [0.2, 0.25) is 15.9 Å². The summed E-state index contributed by atoms with van der Waals surface area (Å²) in [5, 5.41) is 0. The third kappa shape index (κ3) is 3.57. The highest BCUT2D eigenvalue weighted by Crippen LogP contribution is 2.33. The van der Waals surface area contributed by atoms with Crippen LogP contribution in [0.1, 0.15) is 37.8 Å². The van der Waals surface area contributed by atoms with Gasteiger partial charge in [-0.05, 0) is 43.9 Å². The molecule has 0 bridgehead atoms. The summed E-state index contributed by atoms with van der Waals surface area (Å²) in [6.45, 7) is 3.67. The van der Waals surface area contributed by atoms with Crippen molar-refractivity contribution in [3.8, 4) is 5.75 Å². The van der Waals surface area contributed by atoms with Crippen LogP contribution in [-0.2, 0) is 14.8 Å². The smallest absolute Gasteiger partial charge is 0.238 e.